The molecule has 2 aromatic carbocycles. The number of rotatable bonds is 5. The van der Waals surface area contributed by atoms with E-state index in [1.165, 1.54) is 0 Å². The van der Waals surface area contributed by atoms with Crippen molar-refractivity contribution in [2.75, 3.05) is 5.32 Å². The number of carbonyl (C=O) groups is 2. The number of nitrogens with one attached hydrogen (secondary N) is 1. The molecule has 6 nitrogen and oxygen atoms in total. The molecular formula is C22H23N3O3. The van der Waals surface area contributed by atoms with Gasteiger partial charge in [0.25, 0.3) is 5.91 Å². The molecule has 3 rings (SSSR count). The molecule has 0 unspecified atom stereocenters. The van der Waals surface area contributed by atoms with Crippen molar-refractivity contribution in [1.29, 1.82) is 0 Å². The lowest BCUT2D eigenvalue weighted by Crippen LogP contribution is -2.30. The Morgan fingerprint density at radius 1 is 1.04 bits per heavy atom. The summed E-state index contributed by atoms with van der Waals surface area (Å²) < 4.78 is 7.09. The molecule has 1 N–H and O–H groups in total. The molecule has 0 aliphatic heterocycles. The lowest BCUT2D eigenvalue weighted by atomic mass is 10.1. The molecule has 144 valence electrons. The first-order chi connectivity index (χ1) is 13.3. The average Bonchev–Trinajstić information content (AvgIpc) is 3.10. The lowest BCUT2D eigenvalue weighted by molar-refractivity contribution is -0.123. The lowest BCUT2D eigenvalue weighted by Gasteiger charge is -2.15. The van der Waals surface area contributed by atoms with Crippen LogP contribution in [0, 0.1) is 20.8 Å². The van der Waals surface area contributed by atoms with Gasteiger partial charge in [-0.05, 0) is 75.2 Å². The number of benzene rings is 2. The van der Waals surface area contributed by atoms with E-state index in [1.807, 2.05) is 45.0 Å². The Bertz CT molecular complexity index is 1010. The van der Waals surface area contributed by atoms with Gasteiger partial charge in [-0.2, -0.15) is 5.10 Å². The standard InChI is InChI=1S/C22H23N3O3/c1-14-5-6-15(2)20(13-14)24-21(26)17(4)28-22(27)18-7-9-19(10-8-18)25-16(3)11-12-23-25/h5-13,17H,1-4H3,(H,24,26)/t17-/m0/s1. The van der Waals surface area contributed by atoms with Crippen LogP contribution in [0.1, 0.15) is 34.1 Å². The molecule has 0 aliphatic carbocycles. The summed E-state index contributed by atoms with van der Waals surface area (Å²) in [7, 11) is 0. The Kier molecular flexibility index (Phi) is 5.59. The van der Waals surface area contributed by atoms with Crippen molar-refractivity contribution in [1.82, 2.24) is 9.78 Å². The molecule has 0 saturated heterocycles. The second kappa shape index (κ2) is 8.08. The van der Waals surface area contributed by atoms with E-state index in [4.69, 9.17) is 4.74 Å². The number of hydrogen-bond donors (Lipinski definition) is 1. The fourth-order valence-electron chi connectivity index (χ4n) is 2.77. The Hall–Kier alpha value is -3.41. The summed E-state index contributed by atoms with van der Waals surface area (Å²) >= 11 is 0. The van der Waals surface area contributed by atoms with Gasteiger partial charge in [0.15, 0.2) is 6.10 Å². The van der Waals surface area contributed by atoms with Crippen LogP contribution in [-0.4, -0.2) is 27.8 Å². The second-order valence-electron chi connectivity index (χ2n) is 6.79. The molecule has 0 spiro atoms. The number of anilines is 1. The smallest absolute Gasteiger partial charge is 0.338 e. The Morgan fingerprint density at radius 3 is 2.39 bits per heavy atom. The van der Waals surface area contributed by atoms with Crippen molar-refractivity contribution >= 4 is 17.6 Å². The van der Waals surface area contributed by atoms with Crippen molar-refractivity contribution < 1.29 is 14.3 Å². The van der Waals surface area contributed by atoms with Gasteiger partial charge in [-0.3, -0.25) is 4.79 Å². The van der Waals surface area contributed by atoms with E-state index in [-0.39, 0.29) is 5.91 Å². The summed E-state index contributed by atoms with van der Waals surface area (Å²) in [5.41, 5.74) is 4.92. The van der Waals surface area contributed by atoms with Crippen LogP contribution in [0.2, 0.25) is 0 Å². The van der Waals surface area contributed by atoms with Crippen LogP contribution in [0.3, 0.4) is 0 Å². The molecule has 0 saturated carbocycles. The number of amides is 1. The summed E-state index contributed by atoms with van der Waals surface area (Å²) in [6.45, 7) is 7.37. The normalized spacial score (nSPS) is 11.7. The Morgan fingerprint density at radius 2 is 1.75 bits per heavy atom. The third-order valence-corrected chi connectivity index (χ3v) is 4.48. The van der Waals surface area contributed by atoms with Crippen molar-refractivity contribution in [3.8, 4) is 5.69 Å². The maximum absolute atomic E-state index is 12.4. The zero-order valence-electron chi connectivity index (χ0n) is 16.4. The summed E-state index contributed by atoms with van der Waals surface area (Å²) in [6, 6.07) is 14.6. The number of nitrogens with zero attached hydrogens (tertiary/aromatic N) is 2. The van der Waals surface area contributed by atoms with Gasteiger partial charge >= 0.3 is 5.97 Å². The first-order valence-electron chi connectivity index (χ1n) is 9.05. The first-order valence-corrected chi connectivity index (χ1v) is 9.05. The van der Waals surface area contributed by atoms with Gasteiger partial charge in [0.2, 0.25) is 0 Å². The Balaban J connectivity index is 1.64. The predicted octanol–water partition coefficient (Wildman–Crippen LogP) is 3.98. The van der Waals surface area contributed by atoms with E-state index in [1.54, 1.807) is 42.1 Å². The number of carbonyl (C=O) groups excluding carboxylic acids is 2. The highest BCUT2D eigenvalue weighted by Gasteiger charge is 2.19. The van der Waals surface area contributed by atoms with E-state index < -0.39 is 12.1 Å². The van der Waals surface area contributed by atoms with Gasteiger partial charge in [-0.15, -0.1) is 0 Å². The highest BCUT2D eigenvalue weighted by Crippen LogP contribution is 2.17. The minimum Gasteiger partial charge on any atom is -0.449 e. The zero-order chi connectivity index (χ0) is 20.3. The van der Waals surface area contributed by atoms with Crippen molar-refractivity contribution in [2.24, 2.45) is 0 Å². The molecule has 1 atom stereocenters. The van der Waals surface area contributed by atoms with Crippen LogP contribution in [-0.2, 0) is 9.53 Å². The minimum absolute atomic E-state index is 0.370. The van der Waals surface area contributed by atoms with E-state index in [0.29, 0.717) is 11.3 Å². The minimum atomic E-state index is -0.916. The predicted molar refractivity (Wildman–Crippen MR) is 108 cm³/mol. The molecule has 0 aliphatic rings. The van der Waals surface area contributed by atoms with E-state index in [0.717, 1.165) is 22.5 Å². The van der Waals surface area contributed by atoms with Crippen LogP contribution >= 0.6 is 0 Å². The van der Waals surface area contributed by atoms with Crippen LogP contribution in [0.5, 0.6) is 0 Å². The van der Waals surface area contributed by atoms with Crippen molar-refractivity contribution in [2.45, 2.75) is 33.8 Å². The molecule has 0 radical (unpaired) electrons. The van der Waals surface area contributed by atoms with Crippen LogP contribution in [0.15, 0.2) is 54.7 Å². The van der Waals surface area contributed by atoms with Crippen LogP contribution in [0.25, 0.3) is 5.69 Å². The molecule has 1 heterocycles. The first kappa shape index (κ1) is 19.4. The maximum Gasteiger partial charge on any atom is 0.338 e. The summed E-state index contributed by atoms with van der Waals surface area (Å²) in [4.78, 5) is 24.8. The number of hydrogen-bond acceptors (Lipinski definition) is 4. The monoisotopic (exact) mass is 377 g/mol. The zero-order valence-corrected chi connectivity index (χ0v) is 16.4. The largest absolute Gasteiger partial charge is 0.449 e. The third-order valence-electron chi connectivity index (χ3n) is 4.48. The molecule has 0 fully saturated rings. The van der Waals surface area contributed by atoms with Gasteiger partial charge in [-0.1, -0.05) is 12.1 Å². The molecule has 3 aromatic rings. The Labute approximate surface area is 164 Å². The summed E-state index contributed by atoms with van der Waals surface area (Å²) in [5, 5.41) is 7.05. The van der Waals surface area contributed by atoms with Gasteiger partial charge in [0, 0.05) is 17.6 Å². The molecule has 1 aromatic heterocycles. The van der Waals surface area contributed by atoms with Crippen molar-refractivity contribution in [3.05, 3.63) is 77.1 Å². The molecular weight excluding hydrogens is 354 g/mol. The SMILES string of the molecule is Cc1ccc(C)c(NC(=O)[C@H](C)OC(=O)c2ccc(-n3nccc3C)cc2)c1. The van der Waals surface area contributed by atoms with Crippen LogP contribution in [0.4, 0.5) is 5.69 Å². The maximum atomic E-state index is 12.4. The van der Waals surface area contributed by atoms with Gasteiger partial charge < -0.3 is 10.1 Å². The number of esters is 1. The second-order valence-corrected chi connectivity index (χ2v) is 6.79. The summed E-state index contributed by atoms with van der Waals surface area (Å²) in [6.07, 6.45) is 0.800. The summed E-state index contributed by atoms with van der Waals surface area (Å²) in [5.74, 6) is -0.918. The molecule has 28 heavy (non-hydrogen) atoms. The van der Waals surface area contributed by atoms with Gasteiger partial charge in [0.1, 0.15) is 0 Å². The van der Waals surface area contributed by atoms with Crippen molar-refractivity contribution in [3.63, 3.8) is 0 Å². The third kappa shape index (κ3) is 4.28. The molecule has 6 heteroatoms. The fourth-order valence-corrected chi connectivity index (χ4v) is 2.77. The molecule has 0 bridgehead atoms. The van der Waals surface area contributed by atoms with E-state index >= 15 is 0 Å². The van der Waals surface area contributed by atoms with Gasteiger partial charge in [-0.25, -0.2) is 9.48 Å². The van der Waals surface area contributed by atoms with E-state index in [2.05, 4.69) is 10.4 Å². The van der Waals surface area contributed by atoms with Crippen LogP contribution < -0.4 is 5.32 Å². The fraction of sp³-hybridized carbons (Fsp3) is 0.227. The van der Waals surface area contributed by atoms with E-state index in [9.17, 15) is 9.59 Å². The van der Waals surface area contributed by atoms with Gasteiger partial charge in [0.05, 0.1) is 11.3 Å². The highest BCUT2D eigenvalue weighted by molar-refractivity contribution is 5.97. The highest BCUT2D eigenvalue weighted by atomic mass is 16.5. The number of ether oxygens (including phenoxy) is 1. The topological polar surface area (TPSA) is 73.2 Å². The average molecular weight is 377 g/mol. The number of aromatic nitrogens is 2. The molecule has 1 amide bonds. The number of aryl methyl sites for hydroxylation is 3. The quantitative estimate of drug-likeness (QED) is 0.683.